The van der Waals surface area contributed by atoms with Gasteiger partial charge in [0.05, 0.1) is 13.2 Å². The van der Waals surface area contributed by atoms with Gasteiger partial charge in [0.25, 0.3) is 0 Å². The first-order valence-electron chi connectivity index (χ1n) is 47.6. The van der Waals surface area contributed by atoms with Gasteiger partial charge in [-0.2, -0.15) is 11.8 Å². The normalized spacial score (nSPS) is 10.9. The quantitative estimate of drug-likeness (QED) is 0.0397. The van der Waals surface area contributed by atoms with E-state index >= 15 is 0 Å². The lowest BCUT2D eigenvalue weighted by atomic mass is 10.0. The highest BCUT2D eigenvalue weighted by atomic mass is 32.2. The summed E-state index contributed by atoms with van der Waals surface area (Å²) in [6.07, 6.45) is 4.50. The summed E-state index contributed by atoms with van der Waals surface area (Å²) in [6.45, 7) is 26.6. The van der Waals surface area contributed by atoms with E-state index < -0.39 is 0 Å². The second kappa shape index (κ2) is 45.7. The van der Waals surface area contributed by atoms with Gasteiger partial charge in [0.1, 0.15) is 0 Å². The smallest absolute Gasteiger partial charge is 0.0721 e. The highest BCUT2D eigenvalue weighted by Crippen LogP contribution is 2.43. The summed E-state index contributed by atoms with van der Waals surface area (Å²) in [5.74, 6) is 1.94. The molecule has 136 heavy (non-hydrogen) atoms. The maximum atomic E-state index is 6.17. The van der Waals surface area contributed by atoms with Crippen molar-refractivity contribution in [2.24, 2.45) is 0 Å². The Hall–Kier alpha value is -14.9. The van der Waals surface area contributed by atoms with Crippen molar-refractivity contribution in [1.82, 2.24) is 0 Å². The predicted octanol–water partition coefficient (Wildman–Crippen LogP) is 36.3. The third-order valence-electron chi connectivity index (χ3n) is 24.9. The van der Waals surface area contributed by atoms with E-state index in [1.807, 2.05) is 11.8 Å². The van der Waals surface area contributed by atoms with Crippen molar-refractivity contribution in [2.45, 2.75) is 133 Å². The zero-order valence-electron chi connectivity index (χ0n) is 80.7. The molecule has 0 saturated carbocycles. The van der Waals surface area contributed by atoms with E-state index in [0.29, 0.717) is 13.2 Å². The van der Waals surface area contributed by atoms with Crippen molar-refractivity contribution in [2.75, 3.05) is 29.4 Å². The van der Waals surface area contributed by atoms with Gasteiger partial charge in [0.2, 0.25) is 0 Å². The van der Waals surface area contributed by atoms with Gasteiger partial charge in [-0.05, 0) is 361 Å². The number of thioether (sulfide) groups is 1. The van der Waals surface area contributed by atoms with E-state index in [1.54, 1.807) is 0 Å². The average molecular weight is 1790 g/mol. The SMILES string of the molecule is Cc1ccc(N(c2ccc(C)cc2)c2ccc(CCCCc3ccc(N(c4ccc(C)cc4)c4ccc(C)cc4)cc3)cc2)cc1.Cc1ccc(N(c2ccc(C)cc2)c2ccc(COCc3ccc(N(c4ccc(C)cc4)c4ccc(C)cc4)cc3)cc2)cc1.Cc1ccc(N(c2ccc(C)cc2)c2ccc(CSCc3ccc(N(c4ccc(C)cc4)c4ccc(C)cc4)cc3)cc2)cc1. The van der Waals surface area contributed by atoms with E-state index in [4.69, 9.17) is 4.74 Å². The molecule has 0 atom stereocenters. The Labute approximate surface area is 813 Å². The summed E-state index contributed by atoms with van der Waals surface area (Å²) in [6, 6.07) is 158. The molecule has 0 N–H and O–H groups in total. The number of rotatable bonds is 31. The summed E-state index contributed by atoms with van der Waals surface area (Å²) in [5.41, 5.74) is 43.7. The molecule has 0 fully saturated rings. The molecule has 678 valence electrons. The molecule has 0 saturated heterocycles. The Kier molecular flexibility index (Phi) is 31.7. The molecule has 0 bridgehead atoms. The second-order valence-electron chi connectivity index (χ2n) is 36.2. The number of ether oxygens (including phenoxy) is 1. The number of hydrogen-bond acceptors (Lipinski definition) is 8. The Morgan fingerprint density at radius 1 is 0.140 bits per heavy atom. The molecule has 7 nitrogen and oxygen atoms in total. The number of anilines is 18. The molecule has 0 aliphatic rings. The van der Waals surface area contributed by atoms with Crippen LogP contribution in [0, 0.1) is 83.1 Å². The van der Waals surface area contributed by atoms with Crippen LogP contribution in [0.4, 0.5) is 102 Å². The lowest BCUT2D eigenvalue weighted by Gasteiger charge is -2.26. The Morgan fingerprint density at radius 2 is 0.250 bits per heavy atom. The largest absolute Gasteiger partial charge is 0.372 e. The van der Waals surface area contributed by atoms with Gasteiger partial charge in [-0.15, -0.1) is 0 Å². The minimum absolute atomic E-state index is 0.552. The third kappa shape index (κ3) is 25.3. The van der Waals surface area contributed by atoms with E-state index in [0.717, 1.165) is 69.6 Å². The van der Waals surface area contributed by atoms with Gasteiger partial charge in [-0.1, -0.05) is 285 Å². The number of unbranched alkanes of at least 4 members (excludes halogenated alkanes) is 1. The van der Waals surface area contributed by atoms with Crippen LogP contribution in [0.2, 0.25) is 0 Å². The monoisotopic (exact) mass is 1790 g/mol. The first-order chi connectivity index (χ1) is 66.3. The fraction of sp³-hybridized carbons (Fsp3) is 0.156. The van der Waals surface area contributed by atoms with Crippen molar-refractivity contribution in [3.8, 4) is 0 Å². The van der Waals surface area contributed by atoms with Crippen molar-refractivity contribution in [3.63, 3.8) is 0 Å². The summed E-state index contributed by atoms with van der Waals surface area (Å²) in [5, 5.41) is 0. The van der Waals surface area contributed by atoms with Gasteiger partial charge < -0.3 is 34.1 Å². The first kappa shape index (κ1) is 94.3. The molecule has 0 aliphatic carbocycles. The molecular weight excluding hydrogens is 1670 g/mol. The summed E-state index contributed by atoms with van der Waals surface area (Å²) < 4.78 is 6.17. The zero-order valence-corrected chi connectivity index (χ0v) is 81.5. The number of nitrogens with zero attached hydrogens (tertiary/aromatic N) is 6. The highest BCUT2D eigenvalue weighted by molar-refractivity contribution is 7.97. The van der Waals surface area contributed by atoms with Gasteiger partial charge in [-0.3, -0.25) is 0 Å². The predicted molar refractivity (Wildman–Crippen MR) is 584 cm³/mol. The van der Waals surface area contributed by atoms with Gasteiger partial charge in [-0.25, -0.2) is 0 Å². The first-order valence-corrected chi connectivity index (χ1v) is 48.7. The number of benzene rings is 18. The molecule has 0 unspecified atom stereocenters. The van der Waals surface area contributed by atoms with Crippen LogP contribution in [0.5, 0.6) is 0 Å². The second-order valence-corrected chi connectivity index (χ2v) is 37.2. The standard InChI is InChI=1S/C44H44N2.C42H40N2O.C42H40N2S/c1-33-9-21-39(22-10-33)45(40-23-11-34(2)12-24-40)43-29-17-37(18-30-43)7-5-6-8-38-19-31-44(32-20-38)46(41-25-13-35(3)14-26-41)42-27-15-36(4)16-28-42;2*1-31-5-17-37(18-6-31)43(38-19-7-32(2)8-20-38)41-25-13-35(14-26-41)29-45-30-36-15-27-42(28-16-36)44(39-21-9-33(3)10-22-39)40-23-11-34(4)12-24-40/h9-32H,5-8H2,1-4H3;2*5-28H,29-30H2,1-4H3. The molecule has 0 radical (unpaired) electrons. The lowest BCUT2D eigenvalue weighted by molar-refractivity contribution is 0.107. The van der Waals surface area contributed by atoms with Crippen LogP contribution < -0.4 is 29.4 Å². The van der Waals surface area contributed by atoms with Crippen molar-refractivity contribution >= 4 is 114 Å². The molecule has 0 amide bonds. The number of hydrogen-bond donors (Lipinski definition) is 0. The van der Waals surface area contributed by atoms with Gasteiger partial charge in [0, 0.05) is 114 Å². The molecule has 0 heterocycles. The van der Waals surface area contributed by atoms with Gasteiger partial charge in [0.15, 0.2) is 0 Å². The van der Waals surface area contributed by atoms with E-state index in [2.05, 4.69) is 549 Å². The summed E-state index contributed by atoms with van der Waals surface area (Å²) >= 11 is 1.95. The van der Waals surface area contributed by atoms with Crippen LogP contribution in [-0.2, 0) is 42.3 Å². The number of aryl methyl sites for hydroxylation is 14. The van der Waals surface area contributed by atoms with Crippen molar-refractivity contribution in [3.05, 3.63) is 537 Å². The van der Waals surface area contributed by atoms with Crippen LogP contribution >= 0.6 is 11.8 Å². The molecule has 0 spiro atoms. The van der Waals surface area contributed by atoms with Gasteiger partial charge >= 0.3 is 0 Å². The maximum Gasteiger partial charge on any atom is 0.0721 e. The third-order valence-corrected chi connectivity index (χ3v) is 26.0. The molecule has 0 aromatic heterocycles. The fourth-order valence-corrected chi connectivity index (χ4v) is 17.8. The molecule has 18 aromatic carbocycles. The average Bonchev–Trinajstić information content (AvgIpc) is 0.829. The summed E-state index contributed by atoms with van der Waals surface area (Å²) in [7, 11) is 0. The van der Waals surface area contributed by atoms with E-state index in [9.17, 15) is 0 Å². The Balaban J connectivity index is 0.000000148. The zero-order chi connectivity index (χ0) is 94.2. The van der Waals surface area contributed by atoms with Crippen molar-refractivity contribution in [1.29, 1.82) is 0 Å². The molecule has 8 heteroatoms. The Bertz CT molecular complexity index is 5790. The van der Waals surface area contributed by atoms with Crippen LogP contribution in [0.1, 0.15) is 113 Å². The molecular formula is C128H124N6OS. The Morgan fingerprint density at radius 3 is 0.382 bits per heavy atom. The van der Waals surface area contributed by atoms with Crippen LogP contribution in [-0.4, -0.2) is 0 Å². The minimum Gasteiger partial charge on any atom is -0.372 e. The molecule has 18 aromatic rings. The van der Waals surface area contributed by atoms with Crippen molar-refractivity contribution < 1.29 is 4.74 Å². The maximum absolute atomic E-state index is 6.17. The molecule has 18 rings (SSSR count). The highest BCUT2D eigenvalue weighted by Gasteiger charge is 2.21. The minimum atomic E-state index is 0.552. The lowest BCUT2D eigenvalue weighted by Crippen LogP contribution is -2.10. The van der Waals surface area contributed by atoms with Crippen LogP contribution in [0.15, 0.2) is 437 Å². The topological polar surface area (TPSA) is 28.7 Å². The summed E-state index contributed by atoms with van der Waals surface area (Å²) in [4.78, 5) is 13.9. The fourth-order valence-electron chi connectivity index (χ4n) is 16.8. The molecule has 0 aliphatic heterocycles. The van der Waals surface area contributed by atoms with E-state index in [-0.39, 0.29) is 0 Å². The van der Waals surface area contributed by atoms with Crippen LogP contribution in [0.25, 0.3) is 0 Å². The van der Waals surface area contributed by atoms with E-state index in [1.165, 1.54) is 170 Å². The van der Waals surface area contributed by atoms with Crippen LogP contribution in [0.3, 0.4) is 0 Å².